The maximum Gasteiger partial charge on any atom is 0.171 e. The molecule has 2 aromatic rings. The molecule has 0 aliphatic carbocycles. The number of methoxy groups -OCH3 is 1. The summed E-state index contributed by atoms with van der Waals surface area (Å²) in [7, 11) is 1.64. The van der Waals surface area contributed by atoms with Gasteiger partial charge in [-0.15, -0.1) is 0 Å². The van der Waals surface area contributed by atoms with Crippen LogP contribution in [-0.2, 0) is 6.54 Å². The van der Waals surface area contributed by atoms with Gasteiger partial charge in [-0.25, -0.2) is 0 Å². The Hall–Kier alpha value is -2.27. The zero-order chi connectivity index (χ0) is 17.5. The van der Waals surface area contributed by atoms with Gasteiger partial charge in [-0.05, 0) is 62.8 Å². The van der Waals surface area contributed by atoms with Crippen LogP contribution in [0.4, 0.5) is 5.69 Å². The molecular weight excluding hydrogens is 320 g/mol. The van der Waals surface area contributed by atoms with Crippen LogP contribution in [0.25, 0.3) is 0 Å². The summed E-state index contributed by atoms with van der Waals surface area (Å²) >= 11 is 5.33. The second-order valence-electron chi connectivity index (χ2n) is 5.83. The molecule has 2 N–H and O–H groups in total. The molecule has 2 aromatic carbocycles. The van der Waals surface area contributed by atoms with Crippen molar-refractivity contribution in [1.82, 2.24) is 5.32 Å². The highest BCUT2D eigenvalue weighted by molar-refractivity contribution is 7.80. The standard InChI is InChI=1S/C19H24N2O2S/c1-13(2)23-17-10-7-15(11-18(17)22-4)12-20-19(24)21-16-8-5-14(3)6-9-16/h5-11,13H,12H2,1-4H3,(H2,20,21,24). The quantitative estimate of drug-likeness (QED) is 0.766. The van der Waals surface area contributed by atoms with Crippen LogP contribution < -0.4 is 20.1 Å². The summed E-state index contributed by atoms with van der Waals surface area (Å²) in [6.07, 6.45) is 0.106. The smallest absolute Gasteiger partial charge is 0.171 e. The van der Waals surface area contributed by atoms with Crippen molar-refractivity contribution in [2.24, 2.45) is 0 Å². The van der Waals surface area contributed by atoms with Crippen LogP contribution in [-0.4, -0.2) is 18.3 Å². The second kappa shape index (κ2) is 8.55. The first-order valence-corrected chi connectivity index (χ1v) is 8.34. The first-order valence-electron chi connectivity index (χ1n) is 7.93. The van der Waals surface area contributed by atoms with Crippen molar-refractivity contribution in [1.29, 1.82) is 0 Å². The van der Waals surface area contributed by atoms with E-state index in [1.165, 1.54) is 5.56 Å². The van der Waals surface area contributed by atoms with Gasteiger partial charge in [0.05, 0.1) is 13.2 Å². The number of anilines is 1. The van der Waals surface area contributed by atoms with Gasteiger partial charge in [-0.2, -0.15) is 0 Å². The maximum atomic E-state index is 5.72. The Morgan fingerprint density at radius 3 is 2.42 bits per heavy atom. The molecule has 128 valence electrons. The predicted molar refractivity (Wildman–Crippen MR) is 103 cm³/mol. The molecule has 0 saturated heterocycles. The molecule has 0 saturated carbocycles. The highest BCUT2D eigenvalue weighted by Gasteiger charge is 2.08. The van der Waals surface area contributed by atoms with Crippen LogP contribution in [0, 0.1) is 6.92 Å². The average molecular weight is 344 g/mol. The van der Waals surface area contributed by atoms with Crippen molar-refractivity contribution in [2.75, 3.05) is 12.4 Å². The van der Waals surface area contributed by atoms with Gasteiger partial charge in [-0.1, -0.05) is 23.8 Å². The molecule has 0 aromatic heterocycles. The zero-order valence-electron chi connectivity index (χ0n) is 14.6. The van der Waals surface area contributed by atoms with Crippen molar-refractivity contribution in [2.45, 2.75) is 33.4 Å². The zero-order valence-corrected chi connectivity index (χ0v) is 15.4. The fraction of sp³-hybridized carbons (Fsp3) is 0.316. The van der Waals surface area contributed by atoms with Gasteiger partial charge in [0.25, 0.3) is 0 Å². The molecule has 4 nitrogen and oxygen atoms in total. The normalized spacial score (nSPS) is 10.4. The van der Waals surface area contributed by atoms with Crippen LogP contribution in [0.5, 0.6) is 11.5 Å². The third kappa shape index (κ3) is 5.42. The van der Waals surface area contributed by atoms with Crippen LogP contribution in [0.15, 0.2) is 42.5 Å². The SMILES string of the molecule is COc1cc(CNC(=S)Nc2ccc(C)cc2)ccc1OC(C)C. The van der Waals surface area contributed by atoms with Gasteiger partial charge >= 0.3 is 0 Å². The summed E-state index contributed by atoms with van der Waals surface area (Å²) in [5, 5.41) is 6.95. The monoisotopic (exact) mass is 344 g/mol. The number of nitrogens with one attached hydrogen (secondary N) is 2. The van der Waals surface area contributed by atoms with Crippen molar-refractivity contribution in [3.05, 3.63) is 53.6 Å². The fourth-order valence-corrected chi connectivity index (χ4v) is 2.36. The van der Waals surface area contributed by atoms with Gasteiger partial charge in [0.2, 0.25) is 0 Å². The molecule has 0 amide bonds. The van der Waals surface area contributed by atoms with Crippen LogP contribution >= 0.6 is 12.2 Å². The fourth-order valence-electron chi connectivity index (χ4n) is 2.17. The molecule has 0 aliphatic rings. The van der Waals surface area contributed by atoms with E-state index in [2.05, 4.69) is 17.6 Å². The van der Waals surface area contributed by atoms with Crippen molar-refractivity contribution in [3.63, 3.8) is 0 Å². The van der Waals surface area contributed by atoms with Crippen molar-refractivity contribution >= 4 is 23.0 Å². The van der Waals surface area contributed by atoms with E-state index in [1.54, 1.807) is 7.11 Å². The lowest BCUT2D eigenvalue weighted by Crippen LogP contribution is -2.27. The van der Waals surface area contributed by atoms with E-state index in [0.29, 0.717) is 11.7 Å². The van der Waals surface area contributed by atoms with E-state index < -0.39 is 0 Å². The third-order valence-electron chi connectivity index (χ3n) is 3.35. The van der Waals surface area contributed by atoms with Crippen molar-refractivity contribution < 1.29 is 9.47 Å². The molecule has 24 heavy (non-hydrogen) atoms. The molecule has 0 heterocycles. The largest absolute Gasteiger partial charge is 0.493 e. The molecule has 0 atom stereocenters. The molecule has 0 aliphatic heterocycles. The minimum atomic E-state index is 0.106. The highest BCUT2D eigenvalue weighted by atomic mass is 32.1. The van der Waals surface area contributed by atoms with Gasteiger partial charge in [-0.3, -0.25) is 0 Å². The predicted octanol–water partition coefficient (Wildman–Crippen LogP) is 4.28. The number of thiocarbonyl (C=S) groups is 1. The van der Waals surface area contributed by atoms with Gasteiger partial charge in [0, 0.05) is 12.2 Å². The van der Waals surface area contributed by atoms with Crippen LogP contribution in [0.3, 0.4) is 0 Å². The number of rotatable bonds is 6. The van der Waals surface area contributed by atoms with Gasteiger partial charge in [0.15, 0.2) is 16.6 Å². The van der Waals surface area contributed by atoms with E-state index in [4.69, 9.17) is 21.7 Å². The summed E-state index contributed by atoms with van der Waals surface area (Å²) in [5.41, 5.74) is 3.25. The molecular formula is C19H24N2O2S. The van der Waals surface area contributed by atoms with E-state index in [9.17, 15) is 0 Å². The Kier molecular flexibility index (Phi) is 6.44. The Bertz CT molecular complexity index is 684. The molecule has 2 rings (SSSR count). The summed E-state index contributed by atoms with van der Waals surface area (Å²) in [5.74, 6) is 1.47. The molecule has 0 radical (unpaired) electrons. The molecule has 5 heteroatoms. The summed E-state index contributed by atoms with van der Waals surface area (Å²) < 4.78 is 11.1. The van der Waals surface area contributed by atoms with E-state index in [1.807, 2.05) is 56.3 Å². The van der Waals surface area contributed by atoms with E-state index in [-0.39, 0.29) is 6.10 Å². The average Bonchev–Trinajstić information content (AvgIpc) is 2.55. The number of hydrogen-bond donors (Lipinski definition) is 2. The van der Waals surface area contributed by atoms with Gasteiger partial charge in [0.1, 0.15) is 0 Å². The Balaban J connectivity index is 1.93. The summed E-state index contributed by atoms with van der Waals surface area (Å²) in [6.45, 7) is 6.64. The minimum Gasteiger partial charge on any atom is -0.493 e. The number of hydrogen-bond acceptors (Lipinski definition) is 3. The molecule has 0 unspecified atom stereocenters. The Morgan fingerprint density at radius 1 is 1.08 bits per heavy atom. The third-order valence-corrected chi connectivity index (χ3v) is 3.60. The first-order chi connectivity index (χ1) is 11.5. The maximum absolute atomic E-state index is 5.72. The lowest BCUT2D eigenvalue weighted by Gasteiger charge is -2.15. The Labute approximate surface area is 149 Å². The Morgan fingerprint density at radius 2 is 1.79 bits per heavy atom. The summed E-state index contributed by atoms with van der Waals surface area (Å²) in [6, 6.07) is 14.0. The topological polar surface area (TPSA) is 42.5 Å². The minimum absolute atomic E-state index is 0.106. The molecule has 0 fully saturated rings. The van der Waals surface area contributed by atoms with Gasteiger partial charge < -0.3 is 20.1 Å². The van der Waals surface area contributed by atoms with Crippen molar-refractivity contribution in [3.8, 4) is 11.5 Å². The first kappa shape index (κ1) is 18.1. The number of ether oxygens (including phenoxy) is 2. The van der Waals surface area contributed by atoms with Crippen LogP contribution in [0.1, 0.15) is 25.0 Å². The lowest BCUT2D eigenvalue weighted by atomic mass is 10.2. The second-order valence-corrected chi connectivity index (χ2v) is 6.23. The summed E-state index contributed by atoms with van der Waals surface area (Å²) in [4.78, 5) is 0. The number of benzene rings is 2. The van der Waals surface area contributed by atoms with E-state index >= 15 is 0 Å². The number of aryl methyl sites for hydroxylation is 1. The highest BCUT2D eigenvalue weighted by Crippen LogP contribution is 2.28. The molecule has 0 bridgehead atoms. The molecule has 0 spiro atoms. The van der Waals surface area contributed by atoms with Crippen LogP contribution in [0.2, 0.25) is 0 Å². The van der Waals surface area contributed by atoms with E-state index in [0.717, 1.165) is 22.7 Å². The lowest BCUT2D eigenvalue weighted by molar-refractivity contribution is 0.230.